The first-order chi connectivity index (χ1) is 3.68. The molecular formula is C4H12Cl3NO2RhS. The Hall–Kier alpha value is 1.27. The van der Waals surface area contributed by atoms with E-state index in [4.69, 9.17) is 10.8 Å². The molecule has 0 aliphatic carbocycles. The van der Waals surface area contributed by atoms with Crippen molar-refractivity contribution in [2.45, 2.75) is 12.5 Å². The molecule has 0 aliphatic rings. The number of carboxylic acid groups (broad SMARTS) is 1. The quantitative estimate of drug-likeness (QED) is 0.527. The van der Waals surface area contributed by atoms with Crippen LogP contribution < -0.4 is 5.73 Å². The van der Waals surface area contributed by atoms with Gasteiger partial charge in [0.25, 0.3) is 0 Å². The third-order valence-corrected chi connectivity index (χ3v) is 1.02. The standard InChI is InChI=1S/C4H9NO2S.3ClH.Rh/c5-3(1-2-8)4(6)7;;;;/h3,8H,1-2,5H2,(H,6,7);3*1H;/t3-;;;;/m0..../s1. The van der Waals surface area contributed by atoms with Crippen molar-refractivity contribution in [1.82, 2.24) is 0 Å². The average Bonchev–Trinajstić information content (AvgIpc) is 1.67. The van der Waals surface area contributed by atoms with Gasteiger partial charge >= 0.3 is 5.97 Å². The maximum atomic E-state index is 9.93. The van der Waals surface area contributed by atoms with Crippen molar-refractivity contribution in [3.8, 4) is 0 Å². The fourth-order valence-electron chi connectivity index (χ4n) is 0.263. The van der Waals surface area contributed by atoms with Gasteiger partial charge in [-0.2, -0.15) is 12.6 Å². The van der Waals surface area contributed by atoms with Crippen molar-refractivity contribution < 1.29 is 29.4 Å². The van der Waals surface area contributed by atoms with E-state index in [1.165, 1.54) is 0 Å². The predicted molar refractivity (Wildman–Crippen MR) is 55.8 cm³/mol. The number of carboxylic acids is 1. The smallest absolute Gasteiger partial charge is 0.320 e. The van der Waals surface area contributed by atoms with Crippen LogP contribution in [0.25, 0.3) is 0 Å². The number of carbonyl (C=O) groups is 1. The van der Waals surface area contributed by atoms with Crippen LogP contribution in [0, 0.1) is 0 Å². The van der Waals surface area contributed by atoms with Gasteiger partial charge in [0.15, 0.2) is 0 Å². The molecule has 0 heterocycles. The van der Waals surface area contributed by atoms with E-state index in [-0.39, 0.29) is 56.7 Å². The van der Waals surface area contributed by atoms with Crippen LogP contribution in [0.1, 0.15) is 6.42 Å². The summed E-state index contributed by atoms with van der Waals surface area (Å²) >= 11 is 3.81. The summed E-state index contributed by atoms with van der Waals surface area (Å²) in [6.07, 6.45) is 0.429. The summed E-state index contributed by atoms with van der Waals surface area (Å²) in [7, 11) is 0. The average molecular weight is 347 g/mol. The molecule has 0 spiro atoms. The molecule has 0 saturated carbocycles. The van der Waals surface area contributed by atoms with E-state index >= 15 is 0 Å². The Morgan fingerprint density at radius 2 is 1.75 bits per heavy atom. The molecule has 0 aromatic rings. The Bertz CT molecular complexity index is 100. The molecule has 1 atom stereocenters. The first-order valence-electron chi connectivity index (χ1n) is 2.27. The molecule has 0 rings (SSSR count). The van der Waals surface area contributed by atoms with Crippen molar-refractivity contribution in [3.63, 3.8) is 0 Å². The van der Waals surface area contributed by atoms with Gasteiger partial charge in [-0.1, -0.05) is 0 Å². The normalized spacial score (nSPS) is 8.83. The molecule has 8 heteroatoms. The molecule has 3 nitrogen and oxygen atoms in total. The summed E-state index contributed by atoms with van der Waals surface area (Å²) in [5.74, 6) is -0.438. The van der Waals surface area contributed by atoms with Crippen LogP contribution in [0.2, 0.25) is 0 Å². The molecule has 0 aromatic heterocycles. The molecule has 0 aliphatic heterocycles. The molecular weight excluding hydrogens is 335 g/mol. The second-order valence-corrected chi connectivity index (χ2v) is 1.90. The Labute approximate surface area is 109 Å². The van der Waals surface area contributed by atoms with Crippen LogP contribution in [0.5, 0.6) is 0 Å². The zero-order chi connectivity index (χ0) is 6.57. The van der Waals surface area contributed by atoms with Crippen molar-refractivity contribution in [2.75, 3.05) is 5.75 Å². The predicted octanol–water partition coefficient (Wildman–Crippen LogP) is 0.981. The van der Waals surface area contributed by atoms with Crippen molar-refractivity contribution in [1.29, 1.82) is 0 Å². The van der Waals surface area contributed by atoms with E-state index in [0.717, 1.165) is 0 Å². The van der Waals surface area contributed by atoms with Gasteiger partial charge in [-0.3, -0.25) is 4.79 Å². The molecule has 0 unspecified atom stereocenters. The van der Waals surface area contributed by atoms with Gasteiger partial charge in [0.1, 0.15) is 6.04 Å². The fraction of sp³-hybridized carbons (Fsp3) is 0.750. The number of hydrogen-bond donors (Lipinski definition) is 3. The van der Waals surface area contributed by atoms with E-state index in [2.05, 4.69) is 12.6 Å². The van der Waals surface area contributed by atoms with Gasteiger partial charge in [0, 0.05) is 19.5 Å². The topological polar surface area (TPSA) is 63.3 Å². The minimum atomic E-state index is -0.959. The molecule has 0 amide bonds. The Kier molecular flexibility index (Phi) is 44.2. The van der Waals surface area contributed by atoms with Crippen LogP contribution >= 0.6 is 49.8 Å². The number of aliphatic carboxylic acids is 1. The minimum Gasteiger partial charge on any atom is -0.480 e. The first-order valence-corrected chi connectivity index (χ1v) is 2.91. The number of rotatable bonds is 3. The van der Waals surface area contributed by atoms with E-state index in [9.17, 15) is 4.79 Å². The maximum Gasteiger partial charge on any atom is 0.320 e. The van der Waals surface area contributed by atoms with Crippen LogP contribution in [0.15, 0.2) is 0 Å². The zero-order valence-corrected chi connectivity index (χ0v) is 10.9. The Morgan fingerprint density at radius 3 is 1.83 bits per heavy atom. The number of hydrogen-bond acceptors (Lipinski definition) is 3. The van der Waals surface area contributed by atoms with Crippen LogP contribution in [-0.4, -0.2) is 22.9 Å². The molecule has 81 valence electrons. The third kappa shape index (κ3) is 17.4. The second-order valence-electron chi connectivity index (χ2n) is 1.46. The van der Waals surface area contributed by atoms with Gasteiger partial charge in [-0.25, -0.2) is 0 Å². The summed E-state index contributed by atoms with van der Waals surface area (Å²) < 4.78 is 0. The van der Waals surface area contributed by atoms with Crippen LogP contribution in [0.4, 0.5) is 0 Å². The van der Waals surface area contributed by atoms with Gasteiger partial charge < -0.3 is 10.8 Å². The first kappa shape index (κ1) is 29.2. The summed E-state index contributed by atoms with van der Waals surface area (Å²) in [4.78, 5) is 9.93. The molecule has 0 bridgehead atoms. The van der Waals surface area contributed by atoms with E-state index in [1.54, 1.807) is 0 Å². The monoisotopic (exact) mass is 346 g/mol. The largest absolute Gasteiger partial charge is 0.480 e. The fourth-order valence-corrected chi connectivity index (χ4v) is 0.541. The number of nitrogens with two attached hydrogens (primary N) is 1. The van der Waals surface area contributed by atoms with Crippen molar-refractivity contribution in [2.24, 2.45) is 5.73 Å². The summed E-state index contributed by atoms with van der Waals surface area (Å²) in [6.45, 7) is 0. The van der Waals surface area contributed by atoms with Crippen molar-refractivity contribution in [3.05, 3.63) is 0 Å². The van der Waals surface area contributed by atoms with E-state index < -0.39 is 12.0 Å². The molecule has 0 aromatic carbocycles. The zero-order valence-electron chi connectivity index (χ0n) is 5.93. The molecule has 0 fully saturated rings. The Morgan fingerprint density at radius 1 is 1.42 bits per heavy atom. The SMILES string of the molecule is Cl.Cl.Cl.N[C@@H](CCS)C(=O)O.[Rh]. The maximum absolute atomic E-state index is 9.93. The van der Waals surface area contributed by atoms with Gasteiger partial charge in [0.2, 0.25) is 0 Å². The number of thiol groups is 1. The summed E-state index contributed by atoms with van der Waals surface area (Å²) in [5, 5.41) is 8.15. The minimum absolute atomic E-state index is 0. The Balaban J connectivity index is -0.0000000408. The van der Waals surface area contributed by atoms with Crippen molar-refractivity contribution >= 4 is 55.8 Å². The van der Waals surface area contributed by atoms with Crippen LogP contribution in [0.3, 0.4) is 0 Å². The van der Waals surface area contributed by atoms with Gasteiger partial charge in [-0.15, -0.1) is 37.2 Å². The van der Waals surface area contributed by atoms with Gasteiger partial charge in [-0.05, 0) is 12.2 Å². The van der Waals surface area contributed by atoms with Gasteiger partial charge in [0.05, 0.1) is 0 Å². The third-order valence-electron chi connectivity index (χ3n) is 0.757. The van der Waals surface area contributed by atoms with E-state index in [0.29, 0.717) is 12.2 Å². The summed E-state index contributed by atoms with van der Waals surface area (Å²) in [6, 6.07) is -0.743. The second kappa shape index (κ2) is 18.1. The summed E-state index contributed by atoms with van der Waals surface area (Å²) in [5.41, 5.74) is 5.08. The van der Waals surface area contributed by atoms with E-state index in [1.807, 2.05) is 0 Å². The molecule has 1 radical (unpaired) electrons. The molecule has 3 N–H and O–H groups in total. The molecule has 0 saturated heterocycles. The van der Waals surface area contributed by atoms with Crippen LogP contribution in [-0.2, 0) is 24.3 Å². The number of halogens is 3. The molecule has 12 heavy (non-hydrogen) atoms.